The highest BCUT2D eigenvalue weighted by atomic mass is 32.2. The van der Waals surface area contributed by atoms with Crippen LogP contribution in [0.1, 0.15) is 32.1 Å². The van der Waals surface area contributed by atoms with Gasteiger partial charge in [-0.25, -0.2) is 13.2 Å². The van der Waals surface area contributed by atoms with Gasteiger partial charge in [0.1, 0.15) is 15.9 Å². The number of aliphatic carboxylic acids is 1. The molecule has 18 heavy (non-hydrogen) atoms. The van der Waals surface area contributed by atoms with Crippen LogP contribution in [0, 0.1) is 0 Å². The third kappa shape index (κ3) is 4.64. The maximum atomic E-state index is 11.9. The van der Waals surface area contributed by atoms with Crippen LogP contribution in [0.5, 0.6) is 0 Å². The first-order valence-corrected chi connectivity index (χ1v) is 8.07. The van der Waals surface area contributed by atoms with Crippen LogP contribution >= 0.6 is 0 Å². The van der Waals surface area contributed by atoms with Crippen LogP contribution < -0.4 is 0 Å². The van der Waals surface area contributed by atoms with Crippen LogP contribution in [0.15, 0.2) is 0 Å². The summed E-state index contributed by atoms with van der Waals surface area (Å²) in [6.07, 6.45) is 3.83. The van der Waals surface area contributed by atoms with Crippen molar-refractivity contribution in [3.63, 3.8) is 0 Å². The summed E-state index contributed by atoms with van der Waals surface area (Å²) in [5, 5.41) is 9.10. The molecule has 1 aliphatic heterocycles. The molecule has 104 valence electrons. The minimum absolute atomic E-state index is 0.136. The van der Waals surface area contributed by atoms with Gasteiger partial charge in [-0.15, -0.1) is 0 Å². The number of carboxylic acids is 1. The van der Waals surface area contributed by atoms with Crippen LogP contribution in [0.25, 0.3) is 0 Å². The third-order valence-electron chi connectivity index (χ3n) is 3.04. The summed E-state index contributed by atoms with van der Waals surface area (Å²) in [4.78, 5) is 24.3. The van der Waals surface area contributed by atoms with Crippen molar-refractivity contribution >= 4 is 21.7 Å². The number of amides is 1. The molecule has 1 saturated heterocycles. The van der Waals surface area contributed by atoms with Crippen LogP contribution in [-0.2, 0) is 19.4 Å². The second-order valence-electron chi connectivity index (χ2n) is 4.67. The van der Waals surface area contributed by atoms with E-state index in [4.69, 9.17) is 5.11 Å². The number of sulfone groups is 1. The third-order valence-corrected chi connectivity index (χ3v) is 3.99. The number of carbonyl (C=O) groups is 2. The van der Waals surface area contributed by atoms with Crippen LogP contribution in [0.3, 0.4) is 0 Å². The van der Waals surface area contributed by atoms with Gasteiger partial charge in [-0.2, -0.15) is 0 Å². The fourth-order valence-corrected chi connectivity index (χ4v) is 2.63. The van der Waals surface area contributed by atoms with Crippen molar-refractivity contribution in [3.8, 4) is 0 Å². The molecule has 1 fully saturated rings. The zero-order valence-electron chi connectivity index (χ0n) is 10.5. The molecule has 0 spiro atoms. The van der Waals surface area contributed by atoms with E-state index < -0.39 is 21.8 Å². The molecular formula is C11H19NO5S. The van der Waals surface area contributed by atoms with E-state index in [1.807, 2.05) is 0 Å². The van der Waals surface area contributed by atoms with Crippen molar-refractivity contribution in [1.29, 1.82) is 0 Å². The number of carbonyl (C=O) groups excluding carboxylic acids is 1. The second kappa shape index (κ2) is 6.17. The first-order valence-electron chi connectivity index (χ1n) is 6.01. The molecule has 1 rings (SSSR count). The van der Waals surface area contributed by atoms with Gasteiger partial charge >= 0.3 is 5.97 Å². The van der Waals surface area contributed by atoms with Gasteiger partial charge in [0.25, 0.3) is 0 Å². The fourth-order valence-electron chi connectivity index (χ4n) is 2.08. The first-order chi connectivity index (χ1) is 8.31. The van der Waals surface area contributed by atoms with Crippen molar-refractivity contribution in [2.75, 3.05) is 18.6 Å². The summed E-state index contributed by atoms with van der Waals surface area (Å²) in [5.74, 6) is -1.62. The molecule has 1 amide bonds. The molecule has 1 unspecified atom stereocenters. The van der Waals surface area contributed by atoms with Gasteiger partial charge in [0.05, 0.1) is 5.75 Å². The highest BCUT2D eigenvalue weighted by Gasteiger charge is 2.30. The van der Waals surface area contributed by atoms with Gasteiger partial charge in [0, 0.05) is 19.2 Å². The van der Waals surface area contributed by atoms with Crippen LogP contribution in [0.2, 0.25) is 0 Å². The quantitative estimate of drug-likeness (QED) is 0.796. The Morgan fingerprint density at radius 3 is 2.50 bits per heavy atom. The largest absolute Gasteiger partial charge is 0.480 e. The van der Waals surface area contributed by atoms with E-state index in [-0.39, 0.29) is 18.1 Å². The highest BCUT2D eigenvalue weighted by Crippen LogP contribution is 2.18. The Kier molecular flexibility index (Phi) is 5.13. The minimum Gasteiger partial charge on any atom is -0.480 e. The first kappa shape index (κ1) is 14.9. The molecule has 7 heteroatoms. The maximum absolute atomic E-state index is 11.9. The lowest BCUT2D eigenvalue weighted by atomic mass is 10.1. The van der Waals surface area contributed by atoms with Crippen LogP contribution in [0.4, 0.5) is 0 Å². The van der Waals surface area contributed by atoms with Gasteiger partial charge in [0.15, 0.2) is 0 Å². The van der Waals surface area contributed by atoms with Crippen LogP contribution in [-0.4, -0.2) is 54.9 Å². The standard InChI is InChI=1S/C11H19NO5S/c1-18(16,17)8-6-10(13)12-7-4-2-3-5-9(12)11(14)15/h9H,2-8H2,1H3,(H,14,15). The zero-order chi connectivity index (χ0) is 13.8. The number of carboxylic acid groups (broad SMARTS) is 1. The van der Waals surface area contributed by atoms with Gasteiger partial charge in [0.2, 0.25) is 5.91 Å². The molecule has 1 aliphatic rings. The summed E-state index contributed by atoms with van der Waals surface area (Å²) in [6.45, 7) is 0.402. The van der Waals surface area contributed by atoms with Crippen molar-refractivity contribution in [1.82, 2.24) is 4.90 Å². The van der Waals surface area contributed by atoms with Gasteiger partial charge in [-0.1, -0.05) is 12.8 Å². The number of rotatable bonds is 4. The zero-order valence-corrected chi connectivity index (χ0v) is 11.3. The lowest BCUT2D eigenvalue weighted by Crippen LogP contribution is -2.45. The minimum atomic E-state index is -3.20. The molecular weight excluding hydrogens is 258 g/mol. The molecule has 0 aliphatic carbocycles. The maximum Gasteiger partial charge on any atom is 0.326 e. The molecule has 0 aromatic heterocycles. The SMILES string of the molecule is CS(=O)(=O)CCC(=O)N1CCCCCC1C(=O)O. The molecule has 0 aromatic rings. The van der Waals surface area contributed by atoms with E-state index in [1.165, 1.54) is 4.90 Å². The Balaban J connectivity index is 2.69. The second-order valence-corrected chi connectivity index (χ2v) is 6.93. The van der Waals surface area contributed by atoms with Crippen molar-refractivity contribution < 1.29 is 23.1 Å². The number of hydrogen-bond acceptors (Lipinski definition) is 4. The predicted molar refractivity (Wildman–Crippen MR) is 65.9 cm³/mol. The lowest BCUT2D eigenvalue weighted by Gasteiger charge is -2.26. The highest BCUT2D eigenvalue weighted by molar-refractivity contribution is 7.90. The molecule has 1 heterocycles. The molecule has 0 aromatic carbocycles. The average Bonchev–Trinajstić information content (AvgIpc) is 2.49. The molecule has 0 radical (unpaired) electrons. The Labute approximate surface area is 107 Å². The lowest BCUT2D eigenvalue weighted by molar-refractivity contribution is -0.150. The van der Waals surface area contributed by atoms with E-state index in [1.54, 1.807) is 0 Å². The predicted octanol–water partition coefficient (Wildman–Crippen LogP) is 0.277. The Morgan fingerprint density at radius 2 is 1.94 bits per heavy atom. The molecule has 1 N–H and O–H groups in total. The fraction of sp³-hybridized carbons (Fsp3) is 0.818. The van der Waals surface area contributed by atoms with Gasteiger partial charge < -0.3 is 10.0 Å². The average molecular weight is 277 g/mol. The van der Waals surface area contributed by atoms with E-state index in [2.05, 4.69) is 0 Å². The van der Waals surface area contributed by atoms with E-state index in [9.17, 15) is 18.0 Å². The Bertz CT molecular complexity index is 417. The van der Waals surface area contributed by atoms with Gasteiger partial charge in [-0.05, 0) is 12.8 Å². The molecule has 0 saturated carbocycles. The summed E-state index contributed by atoms with van der Waals surface area (Å²) in [7, 11) is -3.20. The molecule has 1 atom stereocenters. The monoisotopic (exact) mass is 277 g/mol. The van der Waals surface area contributed by atoms with E-state index in [0.717, 1.165) is 25.5 Å². The number of hydrogen-bond donors (Lipinski definition) is 1. The van der Waals surface area contributed by atoms with E-state index in [0.29, 0.717) is 13.0 Å². The normalized spacial score (nSPS) is 21.4. The summed E-state index contributed by atoms with van der Waals surface area (Å²) in [5.41, 5.74) is 0. The van der Waals surface area contributed by atoms with E-state index >= 15 is 0 Å². The Morgan fingerprint density at radius 1 is 1.28 bits per heavy atom. The number of nitrogens with zero attached hydrogens (tertiary/aromatic N) is 1. The summed E-state index contributed by atoms with van der Waals surface area (Å²) < 4.78 is 22.0. The van der Waals surface area contributed by atoms with Crippen molar-refractivity contribution in [3.05, 3.63) is 0 Å². The summed E-state index contributed by atoms with van der Waals surface area (Å²) >= 11 is 0. The smallest absolute Gasteiger partial charge is 0.326 e. The Hall–Kier alpha value is -1.11. The van der Waals surface area contributed by atoms with Gasteiger partial charge in [-0.3, -0.25) is 4.79 Å². The number of likely N-dealkylation sites (tertiary alicyclic amines) is 1. The topological polar surface area (TPSA) is 91.8 Å². The molecule has 6 nitrogen and oxygen atoms in total. The van der Waals surface area contributed by atoms with Crippen molar-refractivity contribution in [2.24, 2.45) is 0 Å². The van der Waals surface area contributed by atoms with Crippen molar-refractivity contribution in [2.45, 2.75) is 38.1 Å². The summed E-state index contributed by atoms with van der Waals surface area (Å²) in [6, 6.07) is -0.806. The molecule has 0 bridgehead atoms.